The van der Waals surface area contributed by atoms with Gasteiger partial charge in [-0.05, 0) is 188 Å². The second-order valence-corrected chi connectivity index (χ2v) is 36.3. The zero-order chi connectivity index (χ0) is 98.6. The number of benzene rings is 20. The molecule has 10 aromatic heterocycles. The predicted molar refractivity (Wildman–Crippen MR) is 590 cm³/mol. The van der Waals surface area contributed by atoms with E-state index in [1.807, 2.05) is 152 Å². The summed E-state index contributed by atoms with van der Waals surface area (Å²) in [5.41, 5.74) is 36.3. The van der Waals surface area contributed by atoms with Crippen molar-refractivity contribution >= 4 is 175 Å². The van der Waals surface area contributed by atoms with E-state index in [2.05, 4.69) is 337 Å². The summed E-state index contributed by atoms with van der Waals surface area (Å²) in [5.74, 6) is 0. The number of para-hydroxylation sites is 14. The molecular formula is C129H82N14. The molecule has 0 aliphatic rings. The van der Waals surface area contributed by atoms with Crippen LogP contribution in [0.25, 0.3) is 265 Å². The molecule has 0 amide bonds. The minimum absolute atomic E-state index is 0.184. The molecule has 668 valence electrons. The third-order valence-corrected chi connectivity index (χ3v) is 28.0. The molecular weight excluding hydrogens is 1750 g/mol. The van der Waals surface area contributed by atoms with Crippen LogP contribution in [0.2, 0.25) is 0 Å². The van der Waals surface area contributed by atoms with Crippen LogP contribution in [0.3, 0.4) is 0 Å². The Kier molecular flexibility index (Phi) is 18.0. The molecule has 0 aliphatic heterocycles. The molecule has 0 fully saturated rings. The van der Waals surface area contributed by atoms with Gasteiger partial charge in [-0.25, -0.2) is 19.9 Å². The summed E-state index contributed by atoms with van der Waals surface area (Å²) in [4.78, 5) is 38.6. The molecule has 0 aliphatic carbocycles. The van der Waals surface area contributed by atoms with Crippen molar-refractivity contribution in [2.45, 2.75) is 6.92 Å². The average molecular weight is 1830 g/mol. The molecule has 0 N–H and O–H groups in total. The maximum absolute atomic E-state index is 8.55. The maximum atomic E-state index is 8.55. The van der Waals surface area contributed by atoms with Crippen molar-refractivity contribution in [2.24, 2.45) is 0 Å². The molecule has 30 aromatic rings. The standard InChI is InChI=1S/C46H28N6.C44H28N4.C39H26N4/c1-7-21-43-33(15-1)35-25-46-36(26-45(35)51(43)31-13-9-11-29(23-31)41-27-47-37-17-3-5-19-39(37)49-41)34-16-2-8-22-44(34)52(46)32-14-10-12-30(24-32)42-28-48-38-18-4-6-20-40(38)50-42;1-2-11-29(12-3-1)30-21-23-32(24-22-30)47-41-19-8-4-15-34(41)36-25-26-37-35-16-5-9-20-42(35)48(44(37)43(36)47)33-14-10-13-31(27-33)40-28-45-38-17-6-7-18-39(38)46-40;1-25-17-19-27(20-18-25)42-36-15-6-2-11-29(36)31-21-22-32-30-12-3-7-16-37(30)43(39(32)38(31)42)28-10-8-9-26(23-28)35-24-40-33-13-4-5-14-34(33)41-35/h1-28H;1-28H;2-24H,1H3/i;1D,2D,3D,11D,12D;. The van der Waals surface area contributed by atoms with Crippen molar-refractivity contribution in [1.82, 2.24) is 67.3 Å². The van der Waals surface area contributed by atoms with Gasteiger partial charge >= 0.3 is 0 Å². The molecule has 143 heavy (non-hydrogen) atoms. The minimum Gasteiger partial charge on any atom is -0.309 e. The molecule has 10 heterocycles. The lowest BCUT2D eigenvalue weighted by molar-refractivity contribution is 1.15. The first-order chi connectivity index (χ1) is 72.9. The molecule has 30 rings (SSSR count). The van der Waals surface area contributed by atoms with Crippen molar-refractivity contribution in [3.8, 4) is 90.3 Å². The Morgan fingerprint density at radius 3 is 0.734 bits per heavy atom. The Morgan fingerprint density at radius 2 is 0.427 bits per heavy atom. The fraction of sp³-hybridized carbons (Fsp3) is 0.00775. The summed E-state index contributed by atoms with van der Waals surface area (Å²) in [6, 6.07) is 147. The van der Waals surface area contributed by atoms with Crippen molar-refractivity contribution in [3.63, 3.8) is 0 Å². The van der Waals surface area contributed by atoms with Gasteiger partial charge in [-0.15, -0.1) is 0 Å². The Bertz CT molecular complexity index is 10500. The predicted octanol–water partition coefficient (Wildman–Crippen LogP) is 32.1. The van der Waals surface area contributed by atoms with Crippen LogP contribution in [-0.2, 0) is 0 Å². The highest BCUT2D eigenvalue weighted by Gasteiger charge is 2.27. The molecule has 0 saturated heterocycles. The SMILES string of the molecule is Cc1ccc(-n2c3ccccc3c3ccc4c5ccccc5n(-c5cccc(-c6cnc7ccccc7n6)c5)c4c32)cc1.[2H]c1c([2H])c([2H])c(-c2ccc(-n3c4ccccc4c4ccc5c6ccccc6n(-c6cccc(-c7cnc8ccccc8n7)c6)c5c43)cc2)c([2H])c1[2H].c1cc(-c2cnc3ccccc3n2)cc(-n2c3ccccc3c3cc4c(cc32)c2ccccc2n4-c2cccc(-c3cnc4ccccc4n3)c2)c1. The van der Waals surface area contributed by atoms with Gasteiger partial charge in [0.1, 0.15) is 0 Å². The van der Waals surface area contributed by atoms with Crippen LogP contribution in [0.5, 0.6) is 0 Å². The van der Waals surface area contributed by atoms with Crippen LogP contribution in [0, 0.1) is 6.92 Å². The van der Waals surface area contributed by atoms with Crippen LogP contribution in [0.15, 0.2) is 480 Å². The normalized spacial score (nSPS) is 12.3. The summed E-state index contributed by atoms with van der Waals surface area (Å²) < 4.78 is 55.8. The molecule has 0 bridgehead atoms. The number of aryl methyl sites for hydroxylation is 1. The quantitative estimate of drug-likeness (QED) is 0.125. The van der Waals surface area contributed by atoms with Gasteiger partial charge in [0.25, 0.3) is 0 Å². The van der Waals surface area contributed by atoms with E-state index in [9.17, 15) is 0 Å². The number of rotatable bonds is 11. The van der Waals surface area contributed by atoms with E-state index in [1.165, 1.54) is 70.7 Å². The third-order valence-electron chi connectivity index (χ3n) is 28.0. The minimum atomic E-state index is -0.402. The monoisotopic (exact) mass is 1830 g/mol. The van der Waals surface area contributed by atoms with Gasteiger partial charge in [0.15, 0.2) is 0 Å². The van der Waals surface area contributed by atoms with Crippen LogP contribution in [-0.4, -0.2) is 67.3 Å². The highest BCUT2D eigenvalue weighted by atomic mass is 15.1. The van der Waals surface area contributed by atoms with E-state index in [4.69, 9.17) is 41.7 Å². The van der Waals surface area contributed by atoms with E-state index in [0.717, 1.165) is 189 Å². The topological polar surface area (TPSA) is 133 Å². The van der Waals surface area contributed by atoms with Gasteiger partial charge < -0.3 is 27.4 Å². The molecule has 20 aromatic carbocycles. The number of hydrogen-bond donors (Lipinski definition) is 0. The fourth-order valence-corrected chi connectivity index (χ4v) is 21.5. The number of aromatic nitrogens is 14. The molecule has 14 nitrogen and oxygen atoms in total. The summed E-state index contributed by atoms with van der Waals surface area (Å²) in [5, 5.41) is 14.2. The molecule has 0 radical (unpaired) electrons. The maximum Gasteiger partial charge on any atom is 0.0894 e. The zero-order valence-electron chi connectivity index (χ0n) is 82.0. The van der Waals surface area contributed by atoms with Crippen LogP contribution >= 0.6 is 0 Å². The Hall–Kier alpha value is -19.4. The lowest BCUT2D eigenvalue weighted by Gasteiger charge is -2.14. The van der Waals surface area contributed by atoms with Crippen molar-refractivity contribution in [1.29, 1.82) is 0 Å². The largest absolute Gasteiger partial charge is 0.309 e. The van der Waals surface area contributed by atoms with E-state index >= 15 is 0 Å². The summed E-state index contributed by atoms with van der Waals surface area (Å²) in [6.45, 7) is 2.14. The van der Waals surface area contributed by atoms with Crippen molar-refractivity contribution in [2.75, 3.05) is 0 Å². The number of hydrogen-bond acceptors (Lipinski definition) is 8. The van der Waals surface area contributed by atoms with Gasteiger partial charge in [0.05, 0.1) is 165 Å². The fourth-order valence-electron chi connectivity index (χ4n) is 21.5. The van der Waals surface area contributed by atoms with E-state index in [-0.39, 0.29) is 29.7 Å². The highest BCUT2D eigenvalue weighted by Crippen LogP contribution is 2.48. The Labute approximate surface area is 826 Å². The van der Waals surface area contributed by atoms with Gasteiger partial charge in [-0.2, -0.15) is 0 Å². The first-order valence-corrected chi connectivity index (χ1v) is 47.8. The molecule has 0 unspecified atom stereocenters. The van der Waals surface area contributed by atoms with E-state index < -0.39 is 6.04 Å². The van der Waals surface area contributed by atoms with Crippen LogP contribution in [0.4, 0.5) is 0 Å². The van der Waals surface area contributed by atoms with Gasteiger partial charge in [0, 0.05) is 121 Å². The second-order valence-electron chi connectivity index (χ2n) is 36.3. The van der Waals surface area contributed by atoms with Crippen LogP contribution in [0.1, 0.15) is 12.4 Å². The Morgan fingerprint density at radius 1 is 0.175 bits per heavy atom. The van der Waals surface area contributed by atoms with Gasteiger partial charge in [0.2, 0.25) is 0 Å². The second kappa shape index (κ2) is 33.5. The third kappa shape index (κ3) is 13.7. The summed E-state index contributed by atoms with van der Waals surface area (Å²) >= 11 is 0. The van der Waals surface area contributed by atoms with Gasteiger partial charge in [-0.1, -0.05) is 291 Å². The number of fused-ring (bicyclic) bond motifs is 24. The van der Waals surface area contributed by atoms with Crippen molar-refractivity contribution in [3.05, 3.63) is 485 Å². The first-order valence-electron chi connectivity index (χ1n) is 50.3. The smallest absolute Gasteiger partial charge is 0.0894 e. The molecule has 0 atom stereocenters. The highest BCUT2D eigenvalue weighted by molar-refractivity contribution is 6.26. The molecule has 14 heteroatoms. The molecule has 0 saturated carbocycles. The number of nitrogens with zero attached hydrogens (tertiary/aromatic N) is 14. The summed E-state index contributed by atoms with van der Waals surface area (Å²) in [7, 11) is 0. The van der Waals surface area contributed by atoms with Crippen LogP contribution < -0.4 is 0 Å². The van der Waals surface area contributed by atoms with Gasteiger partial charge in [-0.3, -0.25) is 19.9 Å². The van der Waals surface area contributed by atoms with E-state index in [1.54, 1.807) is 0 Å². The van der Waals surface area contributed by atoms with Crippen molar-refractivity contribution < 1.29 is 6.85 Å². The first kappa shape index (κ1) is 76.7. The lowest BCUT2D eigenvalue weighted by atomic mass is 10.1. The average Bonchev–Trinajstić information content (AvgIpc) is 1.54. The van der Waals surface area contributed by atoms with E-state index in [0.29, 0.717) is 5.56 Å². The lowest BCUT2D eigenvalue weighted by Crippen LogP contribution is -1.99. The zero-order valence-corrected chi connectivity index (χ0v) is 77.0. The molecule has 0 spiro atoms. The Balaban J connectivity index is 0.000000108. The summed E-state index contributed by atoms with van der Waals surface area (Å²) in [6.07, 6.45) is 7.44.